The normalized spacial score (nSPS) is 25.1. The number of carboxylic acid groups (broad SMARTS) is 1. The molecule has 18 heteroatoms. The van der Waals surface area contributed by atoms with Crippen LogP contribution in [0.1, 0.15) is 97.6 Å². The highest BCUT2D eigenvalue weighted by Crippen LogP contribution is 2.46. The molecule has 4 heterocycles. The number of piperidine rings is 2. The lowest BCUT2D eigenvalue weighted by Crippen LogP contribution is -2.68. The van der Waals surface area contributed by atoms with E-state index in [0.717, 1.165) is 34.7 Å². The van der Waals surface area contributed by atoms with Crippen LogP contribution in [-0.2, 0) is 27.5 Å². The van der Waals surface area contributed by atoms with Crippen molar-refractivity contribution >= 4 is 29.1 Å². The van der Waals surface area contributed by atoms with Gasteiger partial charge in [-0.2, -0.15) is 26.3 Å². The molecule has 2 amide bonds. The van der Waals surface area contributed by atoms with E-state index >= 15 is 4.79 Å². The quantitative estimate of drug-likeness (QED) is 0.195. The number of amides is 2. The summed E-state index contributed by atoms with van der Waals surface area (Å²) in [5.74, 6) is -3.31. The van der Waals surface area contributed by atoms with Gasteiger partial charge in [0, 0.05) is 49.3 Å². The number of alkyl halides is 6. The molecule has 1 saturated carbocycles. The van der Waals surface area contributed by atoms with Crippen LogP contribution in [0.25, 0.3) is 4.85 Å². The number of likely N-dealkylation sites (tertiary alicyclic amines) is 2. The molecule has 0 unspecified atom stereocenters. The fraction of sp³-hybridized carbons (Fsp3) is 0.525. The topological polar surface area (TPSA) is 134 Å². The zero-order valence-corrected chi connectivity index (χ0v) is 32.3. The van der Waals surface area contributed by atoms with Crippen molar-refractivity contribution in [2.75, 3.05) is 19.6 Å². The van der Waals surface area contributed by atoms with Gasteiger partial charge in [-0.1, -0.05) is 31.5 Å². The Kier molecular flexibility index (Phi) is 12.1. The Balaban J connectivity index is 1.31. The summed E-state index contributed by atoms with van der Waals surface area (Å²) >= 11 is 0.352. The average molecular weight is 838 g/mol. The number of para-hydroxylation sites is 1. The maximum absolute atomic E-state index is 15.0. The number of carbonyl (C=O) groups is 3. The number of benzene rings is 1. The van der Waals surface area contributed by atoms with E-state index in [0.29, 0.717) is 23.3 Å². The molecule has 2 saturated heterocycles. The van der Waals surface area contributed by atoms with Crippen molar-refractivity contribution in [3.05, 3.63) is 80.6 Å². The summed E-state index contributed by atoms with van der Waals surface area (Å²) < 4.78 is 96.2. The van der Waals surface area contributed by atoms with Gasteiger partial charge in [-0.25, -0.2) is 0 Å². The molecule has 6 rings (SSSR count). The number of thiophene rings is 1. The van der Waals surface area contributed by atoms with Crippen molar-refractivity contribution in [1.29, 1.82) is 0 Å². The van der Waals surface area contributed by atoms with E-state index in [2.05, 4.69) is 9.83 Å². The van der Waals surface area contributed by atoms with Crippen molar-refractivity contribution in [3.63, 3.8) is 0 Å². The number of hydrogen-bond acceptors (Lipinski definition) is 8. The molecule has 2 aromatic heterocycles. The molecule has 0 radical (unpaired) electrons. The lowest BCUT2D eigenvalue weighted by atomic mass is 9.78. The number of carboxylic acids is 1. The van der Waals surface area contributed by atoms with Crippen LogP contribution in [-0.4, -0.2) is 79.8 Å². The molecule has 3 aromatic rings. The first-order valence-corrected chi connectivity index (χ1v) is 19.9. The Morgan fingerprint density at radius 2 is 1.66 bits per heavy atom. The van der Waals surface area contributed by atoms with E-state index in [9.17, 15) is 46.1 Å². The molecule has 58 heavy (non-hydrogen) atoms. The molecule has 0 bridgehead atoms. The van der Waals surface area contributed by atoms with Gasteiger partial charge in [-0.15, -0.1) is 11.3 Å². The fourth-order valence-corrected chi connectivity index (χ4v) is 9.09. The summed E-state index contributed by atoms with van der Waals surface area (Å²) in [5, 5.41) is 22.7. The maximum Gasteiger partial charge on any atom is 0.425 e. The maximum atomic E-state index is 15.0. The minimum atomic E-state index is -4.93. The first-order valence-electron chi connectivity index (χ1n) is 19.0. The van der Waals surface area contributed by atoms with Crippen LogP contribution in [0.3, 0.4) is 0 Å². The smallest absolute Gasteiger partial charge is 0.425 e. The van der Waals surface area contributed by atoms with Crippen molar-refractivity contribution in [3.8, 4) is 18.1 Å². The van der Waals surface area contributed by atoms with Gasteiger partial charge in [0.15, 0.2) is 0 Å². The fourth-order valence-electron chi connectivity index (χ4n) is 8.41. The van der Waals surface area contributed by atoms with Crippen molar-refractivity contribution in [1.82, 2.24) is 14.8 Å². The number of pyridine rings is 1. The minimum Gasteiger partial charge on any atom is -0.481 e. The predicted molar refractivity (Wildman–Crippen MR) is 198 cm³/mol. The summed E-state index contributed by atoms with van der Waals surface area (Å²) in [7, 11) is 0. The third kappa shape index (κ3) is 8.47. The molecule has 0 spiro atoms. The molecular formula is C40H43F6N4O7S+. The highest BCUT2D eigenvalue weighted by Gasteiger charge is 2.57. The number of rotatable bonds is 10. The first kappa shape index (κ1) is 42.7. The Hall–Kier alpha value is -4.89. The zero-order valence-electron chi connectivity index (χ0n) is 31.5. The van der Waals surface area contributed by atoms with Crippen LogP contribution < -0.4 is 9.47 Å². The number of halogens is 6. The number of aromatic nitrogens is 1. The van der Waals surface area contributed by atoms with Crippen LogP contribution in [0.2, 0.25) is 0 Å². The van der Waals surface area contributed by atoms with E-state index in [1.54, 1.807) is 31.2 Å². The molecule has 312 valence electrons. The van der Waals surface area contributed by atoms with E-state index in [1.807, 2.05) is 0 Å². The third-order valence-corrected chi connectivity index (χ3v) is 12.4. The van der Waals surface area contributed by atoms with Gasteiger partial charge in [0.25, 0.3) is 18.4 Å². The van der Waals surface area contributed by atoms with Crippen molar-refractivity contribution < 1.29 is 60.4 Å². The van der Waals surface area contributed by atoms with Crippen molar-refractivity contribution in [2.45, 2.75) is 106 Å². The number of carbonyl (C=O) groups excluding carboxylic acids is 2. The Morgan fingerprint density at radius 1 is 0.966 bits per heavy atom. The van der Waals surface area contributed by atoms with Gasteiger partial charge in [0.1, 0.15) is 22.1 Å². The van der Waals surface area contributed by atoms with Crippen LogP contribution in [0.15, 0.2) is 54.0 Å². The summed E-state index contributed by atoms with van der Waals surface area (Å²) in [6, 6.07) is 7.99. The number of aliphatic carboxylic acids is 1. The van der Waals surface area contributed by atoms with Gasteiger partial charge >= 0.3 is 24.0 Å². The van der Waals surface area contributed by atoms with E-state index in [-0.39, 0.29) is 88.9 Å². The predicted octanol–water partition coefficient (Wildman–Crippen LogP) is 8.23. The van der Waals surface area contributed by atoms with Crippen LogP contribution >= 0.6 is 11.3 Å². The number of hydrogen-bond donors (Lipinski definition) is 2. The SMILES string of the molecule is C#[N+]C1(Oc2ccccc2C2(O)CCN(C(=O)[C@]3(Oc4csc(C(F)(F)F)c4)CCCN(C(=O)c4ncccc4C(F)(F)F)[C@@H]3CCC)CC2)CCC(C(=O)O)CC1. The molecular weight excluding hydrogens is 795 g/mol. The summed E-state index contributed by atoms with van der Waals surface area (Å²) in [5.41, 5.74) is -6.59. The second kappa shape index (κ2) is 16.4. The molecule has 11 nitrogen and oxygen atoms in total. The van der Waals surface area contributed by atoms with E-state index in [1.165, 1.54) is 4.90 Å². The highest BCUT2D eigenvalue weighted by molar-refractivity contribution is 7.10. The van der Waals surface area contributed by atoms with Gasteiger partial charge in [-0.3, -0.25) is 19.4 Å². The number of aliphatic hydroxyl groups is 1. The van der Waals surface area contributed by atoms with Crippen LogP contribution in [0, 0.1) is 12.5 Å². The van der Waals surface area contributed by atoms with E-state index < -0.39 is 75.2 Å². The third-order valence-electron chi connectivity index (χ3n) is 11.4. The summed E-state index contributed by atoms with van der Waals surface area (Å²) in [6.45, 7) is 7.31. The number of nitrogens with zero attached hydrogens (tertiary/aromatic N) is 4. The zero-order chi connectivity index (χ0) is 42.1. The van der Waals surface area contributed by atoms with Gasteiger partial charge < -0.3 is 29.5 Å². The van der Waals surface area contributed by atoms with Gasteiger partial charge in [0.2, 0.25) is 5.60 Å². The summed E-state index contributed by atoms with van der Waals surface area (Å²) in [6.07, 6.45) is -7.32. The molecule has 2 aliphatic heterocycles. The van der Waals surface area contributed by atoms with Crippen LogP contribution in [0.4, 0.5) is 26.3 Å². The Morgan fingerprint density at radius 3 is 2.26 bits per heavy atom. The lowest BCUT2D eigenvalue weighted by molar-refractivity contribution is -0.163. The molecule has 1 aliphatic carbocycles. The summed E-state index contributed by atoms with van der Waals surface area (Å²) in [4.78, 5) is 49.9. The molecule has 3 fully saturated rings. The monoisotopic (exact) mass is 837 g/mol. The molecule has 3 aliphatic rings. The first-order chi connectivity index (χ1) is 27.4. The largest absolute Gasteiger partial charge is 0.481 e. The van der Waals surface area contributed by atoms with E-state index in [4.69, 9.17) is 16.0 Å². The van der Waals surface area contributed by atoms with Crippen LogP contribution in [0.5, 0.6) is 11.5 Å². The Labute approximate surface area is 334 Å². The number of ether oxygens (including phenoxy) is 2. The molecule has 2 atom stereocenters. The Bertz CT molecular complexity index is 2040. The molecule has 2 N–H and O–H groups in total. The lowest BCUT2D eigenvalue weighted by Gasteiger charge is -2.51. The minimum absolute atomic E-state index is 0.0380. The molecule has 1 aromatic carbocycles. The standard InChI is InChI=1S/C40H42F6N4O7S/c1-3-8-30-38(56-26-23-31(58-24-26)40(44,45)46,14-7-20-50(30)33(51)32-28(39(41,42)43)10-6-19-48-32)35(54)49-21-17-36(55,18-22-49)27-9-4-5-11-29(27)57-37(47-2)15-12-25(13-16-37)34(52)53/h2,4-6,9-11,19,23-25,30,55H,3,7-8,12-18,20-22H2,1H3/p+1/t25?,30-,37?,38+/m1/s1. The second-order valence-corrected chi connectivity index (χ2v) is 16.0. The van der Waals surface area contributed by atoms with Gasteiger partial charge in [-0.05, 0) is 61.6 Å². The van der Waals surface area contributed by atoms with Gasteiger partial charge in [0.05, 0.1) is 36.0 Å². The highest BCUT2D eigenvalue weighted by atomic mass is 32.1. The second-order valence-electron chi connectivity index (χ2n) is 15.0. The van der Waals surface area contributed by atoms with Crippen molar-refractivity contribution in [2.24, 2.45) is 5.92 Å². The average Bonchev–Trinajstić information content (AvgIpc) is 3.68.